The maximum absolute atomic E-state index is 5.54. The van der Waals surface area contributed by atoms with Crippen LogP contribution in [-0.4, -0.2) is 19.3 Å². The van der Waals surface area contributed by atoms with E-state index in [-0.39, 0.29) is 0 Å². The maximum Gasteiger partial charge on any atom is 0.0619 e. The van der Waals surface area contributed by atoms with Gasteiger partial charge in [0.2, 0.25) is 0 Å². The van der Waals surface area contributed by atoms with Crippen molar-refractivity contribution in [2.75, 3.05) is 13.2 Å². The summed E-state index contributed by atoms with van der Waals surface area (Å²) in [5.41, 5.74) is 1.38. The summed E-state index contributed by atoms with van der Waals surface area (Å²) in [7, 11) is 0. The summed E-state index contributed by atoms with van der Waals surface area (Å²) in [6, 6.07) is 16.0. The highest BCUT2D eigenvalue weighted by molar-refractivity contribution is 5.86. The second-order valence-corrected chi connectivity index (χ2v) is 5.37. The van der Waals surface area contributed by atoms with Crippen LogP contribution in [0.15, 0.2) is 42.5 Å². The van der Waals surface area contributed by atoms with Crippen LogP contribution in [0.2, 0.25) is 0 Å². The predicted octanol–water partition coefficient (Wildman–Crippen LogP) is 3.67. The lowest BCUT2D eigenvalue weighted by molar-refractivity contribution is 0.0671. The first-order valence-corrected chi connectivity index (χ1v) is 7.16. The van der Waals surface area contributed by atoms with Gasteiger partial charge in [0.15, 0.2) is 0 Å². The van der Waals surface area contributed by atoms with E-state index >= 15 is 0 Å². The average molecular weight is 255 g/mol. The molecule has 2 aromatic rings. The van der Waals surface area contributed by atoms with E-state index in [0.717, 1.165) is 13.2 Å². The fraction of sp³-hybridized carbons (Fsp3) is 0.412. The van der Waals surface area contributed by atoms with Crippen molar-refractivity contribution in [2.24, 2.45) is 0 Å². The Bertz CT molecular complexity index is 540. The molecule has 1 aliphatic heterocycles. The Labute approximate surface area is 114 Å². The number of hydrogen-bond donors (Lipinski definition) is 1. The van der Waals surface area contributed by atoms with E-state index in [1.54, 1.807) is 0 Å². The molecule has 2 unspecified atom stereocenters. The van der Waals surface area contributed by atoms with Gasteiger partial charge in [-0.1, -0.05) is 42.5 Å². The number of benzene rings is 2. The topological polar surface area (TPSA) is 21.3 Å². The van der Waals surface area contributed by atoms with Gasteiger partial charge in [-0.2, -0.15) is 0 Å². The van der Waals surface area contributed by atoms with Gasteiger partial charge < -0.3 is 10.1 Å². The van der Waals surface area contributed by atoms with Crippen molar-refractivity contribution in [3.63, 3.8) is 0 Å². The minimum Gasteiger partial charge on any atom is -0.380 e. The number of ether oxygens (including phenoxy) is 1. The molecule has 0 amide bonds. The van der Waals surface area contributed by atoms with Crippen molar-refractivity contribution in [2.45, 2.75) is 31.8 Å². The van der Waals surface area contributed by atoms with Crippen molar-refractivity contribution >= 4 is 10.8 Å². The van der Waals surface area contributed by atoms with Gasteiger partial charge >= 0.3 is 0 Å². The van der Waals surface area contributed by atoms with Gasteiger partial charge in [-0.3, -0.25) is 0 Å². The van der Waals surface area contributed by atoms with Crippen LogP contribution >= 0.6 is 0 Å². The zero-order valence-electron chi connectivity index (χ0n) is 11.4. The van der Waals surface area contributed by atoms with Crippen LogP contribution < -0.4 is 5.32 Å². The molecule has 0 bridgehead atoms. The molecule has 100 valence electrons. The molecule has 3 rings (SSSR count). The maximum atomic E-state index is 5.54. The second kappa shape index (κ2) is 5.72. The van der Waals surface area contributed by atoms with Gasteiger partial charge in [-0.05, 0) is 36.1 Å². The van der Waals surface area contributed by atoms with Crippen LogP contribution in [0.3, 0.4) is 0 Å². The van der Waals surface area contributed by atoms with E-state index in [1.807, 2.05) is 0 Å². The molecule has 2 aromatic carbocycles. The average Bonchev–Trinajstić information content (AvgIpc) is 2.47. The van der Waals surface area contributed by atoms with Gasteiger partial charge in [0, 0.05) is 18.7 Å². The third kappa shape index (κ3) is 2.80. The Kier molecular flexibility index (Phi) is 3.81. The molecule has 2 nitrogen and oxygen atoms in total. The normalized spacial score (nSPS) is 21.4. The Morgan fingerprint density at radius 1 is 1.16 bits per heavy atom. The highest BCUT2D eigenvalue weighted by Crippen LogP contribution is 2.25. The molecule has 2 atom stereocenters. The molecule has 0 saturated carbocycles. The van der Waals surface area contributed by atoms with E-state index in [9.17, 15) is 0 Å². The van der Waals surface area contributed by atoms with Gasteiger partial charge in [-0.15, -0.1) is 0 Å². The van der Waals surface area contributed by atoms with Crippen molar-refractivity contribution in [1.82, 2.24) is 5.32 Å². The van der Waals surface area contributed by atoms with E-state index in [2.05, 4.69) is 54.7 Å². The third-order valence-electron chi connectivity index (χ3n) is 3.94. The first-order chi connectivity index (χ1) is 9.34. The van der Waals surface area contributed by atoms with Crippen LogP contribution in [0.4, 0.5) is 0 Å². The summed E-state index contributed by atoms with van der Waals surface area (Å²) in [6.45, 7) is 4.01. The molecular weight excluding hydrogens is 234 g/mol. The standard InChI is InChI=1S/C17H21NO/c1-13(18-15-8-5-11-19-12-15)16-10-4-7-14-6-2-3-9-17(14)16/h2-4,6-7,9-10,13,15,18H,5,8,11-12H2,1H3. The molecule has 0 aromatic heterocycles. The van der Waals surface area contributed by atoms with Gasteiger partial charge in [-0.25, -0.2) is 0 Å². The molecule has 0 spiro atoms. The van der Waals surface area contributed by atoms with E-state index in [0.29, 0.717) is 12.1 Å². The molecule has 1 saturated heterocycles. The van der Waals surface area contributed by atoms with Crippen molar-refractivity contribution in [3.8, 4) is 0 Å². The Balaban J connectivity index is 1.82. The molecule has 1 aliphatic rings. The smallest absolute Gasteiger partial charge is 0.0619 e. The fourth-order valence-corrected chi connectivity index (χ4v) is 2.94. The van der Waals surface area contributed by atoms with Crippen molar-refractivity contribution in [3.05, 3.63) is 48.0 Å². The quantitative estimate of drug-likeness (QED) is 0.903. The van der Waals surface area contributed by atoms with Gasteiger partial charge in [0.05, 0.1) is 6.61 Å². The summed E-state index contributed by atoms with van der Waals surface area (Å²) in [5.74, 6) is 0. The van der Waals surface area contributed by atoms with Crippen LogP contribution in [0.25, 0.3) is 10.8 Å². The molecule has 0 radical (unpaired) electrons. The third-order valence-corrected chi connectivity index (χ3v) is 3.94. The minimum atomic E-state index is 0.359. The summed E-state index contributed by atoms with van der Waals surface area (Å²) in [6.07, 6.45) is 2.38. The zero-order chi connectivity index (χ0) is 13.1. The molecule has 19 heavy (non-hydrogen) atoms. The highest BCUT2D eigenvalue weighted by Gasteiger charge is 2.17. The fourth-order valence-electron chi connectivity index (χ4n) is 2.94. The predicted molar refractivity (Wildman–Crippen MR) is 79.3 cm³/mol. The summed E-state index contributed by atoms with van der Waals surface area (Å²) < 4.78 is 5.54. The molecule has 1 fully saturated rings. The highest BCUT2D eigenvalue weighted by atomic mass is 16.5. The van der Waals surface area contributed by atoms with Crippen LogP contribution in [-0.2, 0) is 4.74 Å². The van der Waals surface area contributed by atoms with Crippen LogP contribution in [0, 0.1) is 0 Å². The number of nitrogens with one attached hydrogen (secondary N) is 1. The minimum absolute atomic E-state index is 0.359. The molecule has 1 heterocycles. The summed E-state index contributed by atoms with van der Waals surface area (Å²) >= 11 is 0. The van der Waals surface area contributed by atoms with Gasteiger partial charge in [0.25, 0.3) is 0 Å². The largest absolute Gasteiger partial charge is 0.380 e. The van der Waals surface area contributed by atoms with E-state index < -0.39 is 0 Å². The monoisotopic (exact) mass is 255 g/mol. The Hall–Kier alpha value is -1.38. The first-order valence-electron chi connectivity index (χ1n) is 7.16. The second-order valence-electron chi connectivity index (χ2n) is 5.37. The lowest BCUT2D eigenvalue weighted by Crippen LogP contribution is -2.38. The van der Waals surface area contributed by atoms with Crippen molar-refractivity contribution < 1.29 is 4.74 Å². The molecule has 2 heteroatoms. The number of fused-ring (bicyclic) bond motifs is 1. The molecule has 1 N–H and O–H groups in total. The first kappa shape index (κ1) is 12.6. The van der Waals surface area contributed by atoms with E-state index in [1.165, 1.54) is 29.2 Å². The lowest BCUT2D eigenvalue weighted by Gasteiger charge is -2.27. The summed E-state index contributed by atoms with van der Waals surface area (Å²) in [4.78, 5) is 0. The van der Waals surface area contributed by atoms with Gasteiger partial charge in [0.1, 0.15) is 0 Å². The van der Waals surface area contributed by atoms with Crippen LogP contribution in [0.1, 0.15) is 31.4 Å². The molecular formula is C17H21NO. The zero-order valence-corrected chi connectivity index (χ0v) is 11.4. The lowest BCUT2D eigenvalue weighted by atomic mass is 9.98. The van der Waals surface area contributed by atoms with Crippen LogP contribution in [0.5, 0.6) is 0 Å². The Morgan fingerprint density at radius 2 is 2.00 bits per heavy atom. The number of hydrogen-bond acceptors (Lipinski definition) is 2. The summed E-state index contributed by atoms with van der Waals surface area (Å²) in [5, 5.41) is 6.36. The Morgan fingerprint density at radius 3 is 2.84 bits per heavy atom. The SMILES string of the molecule is CC(NC1CCCOC1)c1cccc2ccccc12. The number of rotatable bonds is 3. The molecule has 0 aliphatic carbocycles. The van der Waals surface area contributed by atoms with Crippen molar-refractivity contribution in [1.29, 1.82) is 0 Å². The van der Waals surface area contributed by atoms with E-state index in [4.69, 9.17) is 4.74 Å².